The molecule has 0 saturated heterocycles. The molecule has 2 aromatic rings. The van der Waals surface area contributed by atoms with Crippen LogP contribution in [0.1, 0.15) is 25.8 Å². The van der Waals surface area contributed by atoms with Crippen LogP contribution >= 0.6 is 11.3 Å². The first-order valence-corrected chi connectivity index (χ1v) is 6.90. The highest BCUT2D eigenvalue weighted by atomic mass is 32.1. The second-order valence-electron chi connectivity index (χ2n) is 5.06. The van der Waals surface area contributed by atoms with Crippen LogP contribution in [0, 0.1) is 0 Å². The van der Waals surface area contributed by atoms with E-state index in [9.17, 15) is 0 Å². The third-order valence-electron chi connectivity index (χ3n) is 2.85. The molecule has 0 amide bonds. The maximum atomic E-state index is 5.68. The molecular weight excluding hydrogens is 242 g/mol. The predicted octanol–water partition coefficient (Wildman–Crippen LogP) is 3.55. The molecule has 0 fully saturated rings. The van der Waals surface area contributed by atoms with Gasteiger partial charge in [0.1, 0.15) is 5.00 Å². The summed E-state index contributed by atoms with van der Waals surface area (Å²) in [6.07, 6.45) is 3.80. The zero-order valence-electron chi connectivity index (χ0n) is 10.8. The molecule has 0 saturated carbocycles. The zero-order chi connectivity index (χ0) is 13.0. The van der Waals surface area contributed by atoms with Gasteiger partial charge in [-0.05, 0) is 32.3 Å². The van der Waals surface area contributed by atoms with E-state index < -0.39 is 0 Å². The molecule has 96 valence electrons. The second kappa shape index (κ2) is 5.40. The number of nitrogens with one attached hydrogen (secondary N) is 1. The van der Waals surface area contributed by atoms with E-state index in [-0.39, 0.29) is 5.54 Å². The minimum atomic E-state index is 0.0140. The molecule has 0 bridgehead atoms. The van der Waals surface area contributed by atoms with Crippen molar-refractivity contribution in [3.05, 3.63) is 42.1 Å². The number of rotatable bonds is 5. The average Bonchev–Trinajstić information content (AvgIpc) is 2.73. The minimum Gasteiger partial charge on any atom is -0.389 e. The SMILES string of the molecule is CC(C)(CCc1ccccc1)Nc1ncc(N)s1. The molecular formula is C14H19N3S. The second-order valence-corrected chi connectivity index (χ2v) is 6.12. The largest absolute Gasteiger partial charge is 0.389 e. The monoisotopic (exact) mass is 261 g/mol. The third-order valence-corrected chi connectivity index (χ3v) is 3.59. The summed E-state index contributed by atoms with van der Waals surface area (Å²) in [4.78, 5) is 4.24. The molecule has 0 spiro atoms. The number of nitrogens with zero attached hydrogens (tertiary/aromatic N) is 1. The van der Waals surface area contributed by atoms with Crippen molar-refractivity contribution in [2.24, 2.45) is 0 Å². The Kier molecular flexibility index (Phi) is 3.87. The molecule has 1 aromatic heterocycles. The van der Waals surface area contributed by atoms with Crippen molar-refractivity contribution in [2.45, 2.75) is 32.2 Å². The maximum absolute atomic E-state index is 5.68. The number of nitrogens with two attached hydrogens (primary N) is 1. The van der Waals surface area contributed by atoms with E-state index in [1.54, 1.807) is 6.20 Å². The van der Waals surface area contributed by atoms with Gasteiger partial charge in [0, 0.05) is 5.54 Å². The van der Waals surface area contributed by atoms with E-state index in [2.05, 4.69) is 48.4 Å². The Morgan fingerprint density at radius 3 is 2.61 bits per heavy atom. The summed E-state index contributed by atoms with van der Waals surface area (Å²) in [6, 6.07) is 10.5. The van der Waals surface area contributed by atoms with Gasteiger partial charge in [0.15, 0.2) is 5.13 Å². The number of anilines is 2. The third kappa shape index (κ3) is 3.74. The summed E-state index contributed by atoms with van der Waals surface area (Å²) < 4.78 is 0. The van der Waals surface area contributed by atoms with Crippen LogP contribution in [0.4, 0.5) is 10.1 Å². The lowest BCUT2D eigenvalue weighted by atomic mass is 9.95. The Hall–Kier alpha value is -1.55. The van der Waals surface area contributed by atoms with Crippen LogP contribution in [0.15, 0.2) is 36.5 Å². The van der Waals surface area contributed by atoms with Gasteiger partial charge < -0.3 is 11.1 Å². The molecule has 0 atom stereocenters. The smallest absolute Gasteiger partial charge is 0.185 e. The summed E-state index contributed by atoms with van der Waals surface area (Å²) in [6.45, 7) is 4.38. The zero-order valence-corrected chi connectivity index (χ0v) is 11.6. The van der Waals surface area contributed by atoms with Crippen LogP contribution in [0.2, 0.25) is 0 Å². The quantitative estimate of drug-likeness (QED) is 0.865. The number of nitrogen functional groups attached to an aromatic ring is 1. The fraction of sp³-hybridized carbons (Fsp3) is 0.357. The Labute approximate surface area is 112 Å². The summed E-state index contributed by atoms with van der Waals surface area (Å²) in [5.74, 6) is 0. The number of hydrogen-bond acceptors (Lipinski definition) is 4. The predicted molar refractivity (Wildman–Crippen MR) is 79.0 cm³/mol. The van der Waals surface area contributed by atoms with E-state index in [0.717, 1.165) is 23.0 Å². The molecule has 0 aliphatic heterocycles. The van der Waals surface area contributed by atoms with Crippen LogP contribution in [0.25, 0.3) is 0 Å². The summed E-state index contributed by atoms with van der Waals surface area (Å²) in [5.41, 5.74) is 7.06. The van der Waals surface area contributed by atoms with Gasteiger partial charge >= 0.3 is 0 Å². The van der Waals surface area contributed by atoms with E-state index in [4.69, 9.17) is 5.73 Å². The number of hydrogen-bond donors (Lipinski definition) is 2. The van der Waals surface area contributed by atoms with Crippen molar-refractivity contribution < 1.29 is 0 Å². The molecule has 1 aromatic carbocycles. The number of aromatic nitrogens is 1. The highest BCUT2D eigenvalue weighted by molar-refractivity contribution is 7.19. The lowest BCUT2D eigenvalue weighted by Crippen LogP contribution is -2.31. The van der Waals surface area contributed by atoms with Crippen LogP contribution in [-0.2, 0) is 6.42 Å². The Balaban J connectivity index is 1.91. The van der Waals surface area contributed by atoms with Crippen LogP contribution in [-0.4, -0.2) is 10.5 Å². The van der Waals surface area contributed by atoms with Crippen LogP contribution in [0.3, 0.4) is 0 Å². The molecule has 4 heteroatoms. The van der Waals surface area contributed by atoms with Gasteiger partial charge in [-0.25, -0.2) is 4.98 Å². The van der Waals surface area contributed by atoms with Crippen LogP contribution in [0.5, 0.6) is 0 Å². The highest BCUT2D eigenvalue weighted by Gasteiger charge is 2.18. The molecule has 3 N–H and O–H groups in total. The van der Waals surface area contributed by atoms with Gasteiger partial charge in [-0.2, -0.15) is 0 Å². The van der Waals surface area contributed by atoms with E-state index in [1.165, 1.54) is 16.9 Å². The number of benzene rings is 1. The van der Waals surface area contributed by atoms with E-state index >= 15 is 0 Å². The summed E-state index contributed by atoms with van der Waals surface area (Å²) >= 11 is 1.49. The average molecular weight is 261 g/mol. The Morgan fingerprint density at radius 2 is 2.00 bits per heavy atom. The fourth-order valence-electron chi connectivity index (χ4n) is 1.80. The molecule has 3 nitrogen and oxygen atoms in total. The van der Waals surface area contributed by atoms with Crippen LogP contribution < -0.4 is 11.1 Å². The summed E-state index contributed by atoms with van der Waals surface area (Å²) in [5, 5.41) is 5.08. The fourth-order valence-corrected chi connectivity index (χ4v) is 2.56. The first-order chi connectivity index (χ1) is 8.55. The first-order valence-electron chi connectivity index (χ1n) is 6.09. The Morgan fingerprint density at radius 1 is 1.28 bits per heavy atom. The van der Waals surface area contributed by atoms with E-state index in [0.29, 0.717) is 0 Å². The molecule has 0 aliphatic carbocycles. The van der Waals surface area contributed by atoms with Gasteiger partial charge in [0.05, 0.1) is 6.20 Å². The minimum absolute atomic E-state index is 0.0140. The molecule has 1 heterocycles. The molecule has 18 heavy (non-hydrogen) atoms. The van der Waals surface area contributed by atoms with Gasteiger partial charge in [-0.3, -0.25) is 0 Å². The molecule has 0 aliphatic rings. The normalized spacial score (nSPS) is 11.4. The lowest BCUT2D eigenvalue weighted by molar-refractivity contribution is 0.518. The molecule has 0 radical (unpaired) electrons. The number of aryl methyl sites for hydroxylation is 1. The van der Waals surface area contributed by atoms with E-state index in [1.807, 2.05) is 6.07 Å². The van der Waals surface area contributed by atoms with Gasteiger partial charge in [-0.1, -0.05) is 41.7 Å². The van der Waals surface area contributed by atoms with Crippen molar-refractivity contribution >= 4 is 21.5 Å². The Bertz CT molecular complexity index is 491. The topological polar surface area (TPSA) is 50.9 Å². The first kappa shape index (κ1) is 12.9. The molecule has 0 unspecified atom stereocenters. The standard InChI is InChI=1S/C14H19N3S/c1-14(2,17-13-16-10-12(15)18-13)9-8-11-6-4-3-5-7-11/h3-7,10H,8-9,15H2,1-2H3,(H,16,17). The van der Waals surface area contributed by atoms with Crippen molar-refractivity contribution in [1.29, 1.82) is 0 Å². The van der Waals surface area contributed by atoms with Gasteiger partial charge in [-0.15, -0.1) is 0 Å². The highest BCUT2D eigenvalue weighted by Crippen LogP contribution is 2.25. The maximum Gasteiger partial charge on any atom is 0.185 e. The van der Waals surface area contributed by atoms with Gasteiger partial charge in [0.2, 0.25) is 0 Å². The van der Waals surface area contributed by atoms with Gasteiger partial charge in [0.25, 0.3) is 0 Å². The van der Waals surface area contributed by atoms with Crippen molar-refractivity contribution in [3.8, 4) is 0 Å². The van der Waals surface area contributed by atoms with Crippen molar-refractivity contribution in [2.75, 3.05) is 11.1 Å². The summed E-state index contributed by atoms with van der Waals surface area (Å²) in [7, 11) is 0. The lowest BCUT2D eigenvalue weighted by Gasteiger charge is -2.26. The van der Waals surface area contributed by atoms with Crippen molar-refractivity contribution in [3.63, 3.8) is 0 Å². The molecule has 2 rings (SSSR count). The number of thiazole rings is 1. The van der Waals surface area contributed by atoms with Crippen molar-refractivity contribution in [1.82, 2.24) is 4.98 Å².